The molecule has 1 heterocycles. The summed E-state index contributed by atoms with van der Waals surface area (Å²) >= 11 is 0. The highest BCUT2D eigenvalue weighted by atomic mass is 16.5. The summed E-state index contributed by atoms with van der Waals surface area (Å²) in [5, 5.41) is 10.6. The highest BCUT2D eigenvalue weighted by Crippen LogP contribution is 2.52. The molecule has 0 fully saturated rings. The zero-order valence-electron chi connectivity index (χ0n) is 43.0. The van der Waals surface area contributed by atoms with Crippen molar-refractivity contribution in [3.05, 3.63) is 116 Å². The number of benzene rings is 1. The smallest absolute Gasteiger partial charge is 0.207 e. The Labute approximate surface area is 388 Å². The number of phenolic OH excluding ortho intramolecular Hbond substituents is 1. The number of rotatable bonds is 29. The molecule has 352 valence electrons. The zero-order chi connectivity index (χ0) is 46.8. The summed E-state index contributed by atoms with van der Waals surface area (Å²) in [6.07, 6.45) is 43.8. The van der Waals surface area contributed by atoms with Crippen molar-refractivity contribution < 1.29 is 19.3 Å². The van der Waals surface area contributed by atoms with Gasteiger partial charge in [-0.3, -0.25) is 0 Å². The van der Waals surface area contributed by atoms with E-state index in [1.807, 2.05) is 6.92 Å². The van der Waals surface area contributed by atoms with Gasteiger partial charge in [-0.15, -0.1) is 0 Å². The number of methoxy groups -OCH3 is 2. The number of aromatic hydroxyl groups is 1. The van der Waals surface area contributed by atoms with Crippen LogP contribution >= 0.6 is 0 Å². The van der Waals surface area contributed by atoms with Crippen molar-refractivity contribution in [2.75, 3.05) is 14.2 Å². The van der Waals surface area contributed by atoms with Crippen LogP contribution in [-0.2, 0) is 6.42 Å². The Balaban J connectivity index is 1.62. The molecule has 0 aromatic heterocycles. The van der Waals surface area contributed by atoms with Crippen LogP contribution in [0.2, 0.25) is 0 Å². The van der Waals surface area contributed by atoms with Crippen molar-refractivity contribution in [1.29, 1.82) is 0 Å². The average Bonchev–Trinajstić information content (AvgIpc) is 3.21. The zero-order valence-corrected chi connectivity index (χ0v) is 43.0. The van der Waals surface area contributed by atoms with Crippen molar-refractivity contribution in [3.63, 3.8) is 0 Å². The molecule has 2 rings (SSSR count). The number of phenols is 1. The second kappa shape index (κ2) is 30.3. The standard InChI is InChI=1S/C59H92O4/c1-44(2)24-15-25-45(3)26-16-27-46(4)28-17-29-47(5)30-18-31-48(6)32-19-33-49(7)34-20-35-50(8)36-21-37-51(9)38-22-39-52(10)40-23-42-59(12)43-41-54-53(11)55(60)57(61-13)58(62-14)56(54)63-59/h24,26,28,30,32,34,36,38,40,60H,15-23,25,27,29,31,33,35,37,39,41-43H2,1-14H3/b45-26+,46-28+,47-30+,48-32+,49-34+,50-36+,51-38+,52-40+. The van der Waals surface area contributed by atoms with Crippen LogP contribution in [0.15, 0.2) is 105 Å². The number of hydrogen-bond acceptors (Lipinski definition) is 4. The van der Waals surface area contributed by atoms with Crippen molar-refractivity contribution in [1.82, 2.24) is 0 Å². The van der Waals surface area contributed by atoms with Gasteiger partial charge in [0.05, 0.1) is 14.2 Å². The molecule has 0 saturated heterocycles. The fourth-order valence-corrected chi connectivity index (χ4v) is 8.33. The van der Waals surface area contributed by atoms with E-state index >= 15 is 0 Å². The van der Waals surface area contributed by atoms with E-state index in [1.54, 1.807) is 14.2 Å². The minimum Gasteiger partial charge on any atom is -0.504 e. The SMILES string of the molecule is COc1c(O)c(C)c2c(c1OC)OC(C)(CC/C=C(\C)CC/C=C(\C)CC/C=C(\C)CC/C=C(\C)CC/C=C(\C)CC/C=C(\C)CC/C=C(\C)CC/C=C(\C)CCC=C(C)C)CC2. The van der Waals surface area contributed by atoms with Gasteiger partial charge in [0, 0.05) is 11.1 Å². The third-order valence-electron chi connectivity index (χ3n) is 12.8. The fourth-order valence-electron chi connectivity index (χ4n) is 8.33. The maximum Gasteiger partial charge on any atom is 0.207 e. The Kier molecular flexibility index (Phi) is 26.5. The molecule has 1 N–H and O–H groups in total. The summed E-state index contributed by atoms with van der Waals surface area (Å²) in [4.78, 5) is 0. The van der Waals surface area contributed by atoms with Gasteiger partial charge >= 0.3 is 0 Å². The predicted octanol–water partition coefficient (Wildman–Crippen LogP) is 18.4. The summed E-state index contributed by atoms with van der Waals surface area (Å²) < 4.78 is 17.7. The van der Waals surface area contributed by atoms with E-state index in [4.69, 9.17) is 14.2 Å². The lowest BCUT2D eigenvalue weighted by molar-refractivity contribution is 0.0527. The summed E-state index contributed by atoms with van der Waals surface area (Å²) in [5.41, 5.74) is 15.0. The normalized spacial score (nSPS) is 17.2. The van der Waals surface area contributed by atoms with Gasteiger partial charge in [-0.25, -0.2) is 0 Å². The summed E-state index contributed by atoms with van der Waals surface area (Å²) in [7, 11) is 3.15. The van der Waals surface area contributed by atoms with E-state index in [9.17, 15) is 5.11 Å². The number of fused-ring (bicyclic) bond motifs is 1. The average molecular weight is 865 g/mol. The van der Waals surface area contributed by atoms with Crippen LogP contribution in [0, 0.1) is 6.92 Å². The maximum atomic E-state index is 10.6. The first-order valence-corrected chi connectivity index (χ1v) is 24.5. The molecule has 1 aliphatic heterocycles. The van der Waals surface area contributed by atoms with Gasteiger partial charge in [0.15, 0.2) is 11.5 Å². The second-order valence-electron chi connectivity index (χ2n) is 19.4. The third-order valence-corrected chi connectivity index (χ3v) is 12.8. The molecular weight excluding hydrogens is 773 g/mol. The summed E-state index contributed by atoms with van der Waals surface area (Å²) in [5.74, 6) is 1.68. The fraction of sp³-hybridized carbons (Fsp3) is 0.593. The Morgan fingerprint density at radius 3 is 1.10 bits per heavy atom. The molecule has 0 amide bonds. The van der Waals surface area contributed by atoms with Crippen molar-refractivity contribution in [2.45, 2.75) is 217 Å². The number of ether oxygens (including phenoxy) is 3. The molecular formula is C59H92O4. The van der Waals surface area contributed by atoms with Crippen LogP contribution in [0.3, 0.4) is 0 Å². The van der Waals surface area contributed by atoms with Gasteiger partial charge in [-0.1, -0.05) is 105 Å². The van der Waals surface area contributed by atoms with Crippen molar-refractivity contribution in [2.24, 2.45) is 0 Å². The number of allylic oxidation sites excluding steroid dienone is 18. The van der Waals surface area contributed by atoms with Gasteiger partial charge in [0.1, 0.15) is 5.60 Å². The van der Waals surface area contributed by atoms with Crippen LogP contribution in [0.1, 0.15) is 209 Å². The van der Waals surface area contributed by atoms with E-state index in [2.05, 4.69) is 131 Å². The van der Waals surface area contributed by atoms with Crippen molar-refractivity contribution in [3.8, 4) is 23.0 Å². The summed E-state index contributed by atoms with van der Waals surface area (Å²) in [6, 6.07) is 0. The molecule has 0 bridgehead atoms. The Bertz CT molecular complexity index is 1850. The topological polar surface area (TPSA) is 47.9 Å². The van der Waals surface area contributed by atoms with Crippen LogP contribution in [0.4, 0.5) is 0 Å². The van der Waals surface area contributed by atoms with E-state index in [-0.39, 0.29) is 11.4 Å². The van der Waals surface area contributed by atoms with Gasteiger partial charge in [-0.05, 0) is 212 Å². The first-order valence-electron chi connectivity index (χ1n) is 24.5. The summed E-state index contributed by atoms with van der Waals surface area (Å²) in [6.45, 7) is 26.8. The van der Waals surface area contributed by atoms with Gasteiger partial charge < -0.3 is 19.3 Å². The largest absolute Gasteiger partial charge is 0.504 e. The predicted molar refractivity (Wildman–Crippen MR) is 276 cm³/mol. The molecule has 0 spiro atoms. The van der Waals surface area contributed by atoms with E-state index < -0.39 is 0 Å². The maximum absolute atomic E-state index is 10.6. The molecule has 0 radical (unpaired) electrons. The van der Waals surface area contributed by atoms with Crippen LogP contribution in [0.25, 0.3) is 0 Å². The molecule has 1 unspecified atom stereocenters. The first kappa shape index (κ1) is 55.2. The molecule has 0 aliphatic carbocycles. The van der Waals surface area contributed by atoms with E-state index in [0.29, 0.717) is 17.2 Å². The Hall–Kier alpha value is -3.92. The lowest BCUT2D eigenvalue weighted by atomic mass is 9.86. The minimum absolute atomic E-state index is 0.138. The quantitative estimate of drug-likeness (QED) is 0.0815. The molecule has 1 aliphatic rings. The highest BCUT2D eigenvalue weighted by Gasteiger charge is 2.36. The van der Waals surface area contributed by atoms with Gasteiger partial charge in [-0.2, -0.15) is 0 Å². The molecule has 4 heteroatoms. The van der Waals surface area contributed by atoms with E-state index in [1.165, 1.54) is 69.4 Å². The molecule has 63 heavy (non-hydrogen) atoms. The van der Waals surface area contributed by atoms with Crippen LogP contribution < -0.4 is 14.2 Å². The highest BCUT2D eigenvalue weighted by molar-refractivity contribution is 5.67. The second-order valence-corrected chi connectivity index (χ2v) is 19.4. The Morgan fingerprint density at radius 1 is 0.492 bits per heavy atom. The minimum atomic E-state index is -0.294. The third kappa shape index (κ3) is 22.5. The first-order chi connectivity index (χ1) is 30.0. The van der Waals surface area contributed by atoms with Crippen LogP contribution in [-0.4, -0.2) is 24.9 Å². The molecule has 4 nitrogen and oxygen atoms in total. The Morgan fingerprint density at radius 2 is 0.794 bits per heavy atom. The molecule has 1 aromatic rings. The lowest BCUT2D eigenvalue weighted by Gasteiger charge is -2.37. The van der Waals surface area contributed by atoms with Crippen molar-refractivity contribution >= 4 is 0 Å². The monoisotopic (exact) mass is 865 g/mol. The molecule has 1 aromatic carbocycles. The van der Waals surface area contributed by atoms with Gasteiger partial charge in [0.25, 0.3) is 0 Å². The molecule has 0 saturated carbocycles. The number of hydrogen-bond donors (Lipinski definition) is 1. The lowest BCUT2D eigenvalue weighted by Crippen LogP contribution is -2.36. The van der Waals surface area contributed by atoms with Crippen LogP contribution in [0.5, 0.6) is 23.0 Å². The molecule has 1 atom stereocenters. The van der Waals surface area contributed by atoms with Gasteiger partial charge in [0.2, 0.25) is 11.5 Å². The van der Waals surface area contributed by atoms with E-state index in [0.717, 1.165) is 120 Å².